The third-order valence-electron chi connectivity index (χ3n) is 3.66. The van der Waals surface area contributed by atoms with Gasteiger partial charge in [0.15, 0.2) is 0 Å². The van der Waals surface area contributed by atoms with Gasteiger partial charge in [-0.25, -0.2) is 4.98 Å². The molecule has 1 amide bonds. The van der Waals surface area contributed by atoms with E-state index < -0.39 is 5.95 Å². The van der Waals surface area contributed by atoms with Crippen LogP contribution in [0, 0.1) is 5.95 Å². The molecule has 3 heterocycles. The monoisotopic (exact) mass is 301 g/mol. The van der Waals surface area contributed by atoms with Gasteiger partial charge in [-0.1, -0.05) is 0 Å². The first kappa shape index (κ1) is 14.4. The Kier molecular flexibility index (Phi) is 4.27. The van der Waals surface area contributed by atoms with Crippen LogP contribution in [-0.2, 0) is 0 Å². The van der Waals surface area contributed by atoms with Crippen LogP contribution < -0.4 is 4.74 Å². The number of ether oxygens (including phenoxy) is 1. The summed E-state index contributed by atoms with van der Waals surface area (Å²) in [5, 5.41) is 0. The van der Waals surface area contributed by atoms with Crippen molar-refractivity contribution in [2.24, 2.45) is 0 Å². The Morgan fingerprint density at radius 1 is 1.18 bits per heavy atom. The first-order chi connectivity index (χ1) is 10.7. The highest BCUT2D eigenvalue weighted by atomic mass is 19.1. The SMILES string of the molecule is O=C(c1ccncc1)N1CCC(Oc2ccc(F)nc2)CC1. The maximum absolute atomic E-state index is 12.8. The number of pyridine rings is 2. The number of hydrogen-bond acceptors (Lipinski definition) is 4. The van der Waals surface area contributed by atoms with Gasteiger partial charge in [-0.3, -0.25) is 9.78 Å². The zero-order chi connectivity index (χ0) is 15.4. The van der Waals surface area contributed by atoms with Gasteiger partial charge >= 0.3 is 0 Å². The third kappa shape index (κ3) is 3.39. The molecule has 0 aliphatic carbocycles. The molecular weight excluding hydrogens is 285 g/mol. The van der Waals surface area contributed by atoms with E-state index in [1.54, 1.807) is 30.6 Å². The van der Waals surface area contributed by atoms with Gasteiger partial charge in [-0.15, -0.1) is 0 Å². The lowest BCUT2D eigenvalue weighted by Crippen LogP contribution is -2.41. The predicted octanol–water partition coefficient (Wildman–Crippen LogP) is 2.30. The lowest BCUT2D eigenvalue weighted by molar-refractivity contribution is 0.0594. The van der Waals surface area contributed by atoms with Crippen molar-refractivity contribution >= 4 is 5.91 Å². The first-order valence-electron chi connectivity index (χ1n) is 7.20. The summed E-state index contributed by atoms with van der Waals surface area (Å²) < 4.78 is 18.5. The number of hydrogen-bond donors (Lipinski definition) is 0. The van der Waals surface area contributed by atoms with Crippen molar-refractivity contribution in [3.05, 3.63) is 54.4 Å². The van der Waals surface area contributed by atoms with Crippen LogP contribution in [0.1, 0.15) is 23.2 Å². The van der Waals surface area contributed by atoms with Gasteiger partial charge in [0, 0.05) is 43.9 Å². The topological polar surface area (TPSA) is 55.3 Å². The molecule has 0 atom stereocenters. The molecule has 1 aliphatic heterocycles. The molecule has 0 saturated carbocycles. The zero-order valence-corrected chi connectivity index (χ0v) is 12.0. The lowest BCUT2D eigenvalue weighted by Gasteiger charge is -2.32. The van der Waals surface area contributed by atoms with E-state index in [1.807, 2.05) is 4.90 Å². The molecule has 0 N–H and O–H groups in total. The lowest BCUT2D eigenvalue weighted by atomic mass is 10.1. The van der Waals surface area contributed by atoms with Crippen molar-refractivity contribution in [3.63, 3.8) is 0 Å². The highest BCUT2D eigenvalue weighted by molar-refractivity contribution is 5.94. The van der Waals surface area contributed by atoms with Gasteiger partial charge in [0.2, 0.25) is 5.95 Å². The summed E-state index contributed by atoms with van der Waals surface area (Å²) >= 11 is 0. The molecule has 3 rings (SSSR count). The van der Waals surface area contributed by atoms with Crippen molar-refractivity contribution in [2.75, 3.05) is 13.1 Å². The largest absolute Gasteiger partial charge is 0.489 e. The average molecular weight is 301 g/mol. The van der Waals surface area contributed by atoms with E-state index in [9.17, 15) is 9.18 Å². The maximum Gasteiger partial charge on any atom is 0.253 e. The van der Waals surface area contributed by atoms with Crippen molar-refractivity contribution < 1.29 is 13.9 Å². The van der Waals surface area contributed by atoms with E-state index in [2.05, 4.69) is 9.97 Å². The number of nitrogens with zero attached hydrogens (tertiary/aromatic N) is 3. The number of piperidine rings is 1. The van der Waals surface area contributed by atoms with Crippen LogP contribution in [0.15, 0.2) is 42.9 Å². The van der Waals surface area contributed by atoms with E-state index in [0.717, 1.165) is 12.8 Å². The van der Waals surface area contributed by atoms with E-state index in [4.69, 9.17) is 4.74 Å². The first-order valence-corrected chi connectivity index (χ1v) is 7.20. The van der Waals surface area contributed by atoms with E-state index >= 15 is 0 Å². The van der Waals surface area contributed by atoms with Crippen LogP contribution in [0.3, 0.4) is 0 Å². The molecular formula is C16H16FN3O2. The molecule has 1 aliphatic rings. The normalized spacial score (nSPS) is 15.6. The van der Waals surface area contributed by atoms with Gasteiger partial charge in [0.05, 0.1) is 6.20 Å². The summed E-state index contributed by atoms with van der Waals surface area (Å²) in [5.74, 6) is 0.0507. The molecule has 22 heavy (non-hydrogen) atoms. The third-order valence-corrected chi connectivity index (χ3v) is 3.66. The fraction of sp³-hybridized carbons (Fsp3) is 0.312. The number of rotatable bonds is 3. The van der Waals surface area contributed by atoms with Gasteiger partial charge in [0.25, 0.3) is 5.91 Å². The zero-order valence-electron chi connectivity index (χ0n) is 12.0. The second-order valence-electron chi connectivity index (χ2n) is 5.16. The Hall–Kier alpha value is -2.50. The van der Waals surface area contributed by atoms with Gasteiger partial charge in [-0.2, -0.15) is 4.39 Å². The summed E-state index contributed by atoms with van der Waals surface area (Å²) in [7, 11) is 0. The summed E-state index contributed by atoms with van der Waals surface area (Å²) in [6, 6.07) is 6.28. The molecule has 0 radical (unpaired) electrons. The number of halogens is 1. The van der Waals surface area contributed by atoms with E-state index in [-0.39, 0.29) is 12.0 Å². The number of aromatic nitrogens is 2. The Morgan fingerprint density at radius 3 is 2.55 bits per heavy atom. The van der Waals surface area contributed by atoms with Crippen molar-refractivity contribution in [2.45, 2.75) is 18.9 Å². The van der Waals surface area contributed by atoms with Crippen LogP contribution in [-0.4, -0.2) is 40.0 Å². The van der Waals surface area contributed by atoms with Crippen LogP contribution in [0.25, 0.3) is 0 Å². The Bertz CT molecular complexity index is 626. The Labute approximate surface area is 127 Å². The second kappa shape index (κ2) is 6.51. The summed E-state index contributed by atoms with van der Waals surface area (Å²) in [6.07, 6.45) is 6.12. The molecule has 5 nitrogen and oxygen atoms in total. The summed E-state index contributed by atoms with van der Waals surface area (Å²) in [4.78, 5) is 21.6. The van der Waals surface area contributed by atoms with Crippen LogP contribution in [0.5, 0.6) is 5.75 Å². The maximum atomic E-state index is 12.8. The molecule has 0 spiro atoms. The fourth-order valence-corrected chi connectivity index (χ4v) is 2.48. The van der Waals surface area contributed by atoms with Gasteiger partial charge in [0.1, 0.15) is 11.9 Å². The molecule has 0 unspecified atom stereocenters. The number of amides is 1. The average Bonchev–Trinajstić information content (AvgIpc) is 2.58. The standard InChI is InChI=1S/C16H16FN3O2/c17-15-2-1-14(11-19-15)22-13-5-9-20(10-6-13)16(21)12-3-7-18-8-4-12/h1-4,7-8,11,13H,5-6,9-10H2. The van der Waals surface area contributed by atoms with Crippen LogP contribution in [0.4, 0.5) is 4.39 Å². The van der Waals surface area contributed by atoms with Gasteiger partial charge in [-0.05, 0) is 24.3 Å². The highest BCUT2D eigenvalue weighted by Gasteiger charge is 2.24. The van der Waals surface area contributed by atoms with Gasteiger partial charge < -0.3 is 9.64 Å². The van der Waals surface area contributed by atoms with Crippen LogP contribution >= 0.6 is 0 Å². The van der Waals surface area contributed by atoms with Crippen molar-refractivity contribution in [1.82, 2.24) is 14.9 Å². The van der Waals surface area contributed by atoms with Crippen molar-refractivity contribution in [1.29, 1.82) is 0 Å². The molecule has 114 valence electrons. The predicted molar refractivity (Wildman–Crippen MR) is 78.0 cm³/mol. The summed E-state index contributed by atoms with van der Waals surface area (Å²) in [5.41, 5.74) is 0.650. The van der Waals surface area contributed by atoms with Crippen LogP contribution in [0.2, 0.25) is 0 Å². The minimum atomic E-state index is -0.523. The highest BCUT2D eigenvalue weighted by Crippen LogP contribution is 2.19. The second-order valence-corrected chi connectivity index (χ2v) is 5.16. The van der Waals surface area contributed by atoms with E-state index in [0.29, 0.717) is 24.4 Å². The molecule has 0 bridgehead atoms. The van der Waals surface area contributed by atoms with Crippen molar-refractivity contribution in [3.8, 4) is 5.75 Å². The number of likely N-dealkylation sites (tertiary alicyclic amines) is 1. The minimum Gasteiger partial charge on any atom is -0.489 e. The van der Waals surface area contributed by atoms with E-state index in [1.165, 1.54) is 12.3 Å². The minimum absolute atomic E-state index is 0.0179. The Morgan fingerprint density at radius 2 is 1.91 bits per heavy atom. The Balaban J connectivity index is 1.54. The summed E-state index contributed by atoms with van der Waals surface area (Å²) in [6.45, 7) is 1.28. The molecule has 2 aromatic heterocycles. The molecule has 6 heteroatoms. The number of carbonyl (C=O) groups excluding carboxylic acids is 1. The smallest absolute Gasteiger partial charge is 0.253 e. The quantitative estimate of drug-likeness (QED) is 0.816. The fourth-order valence-electron chi connectivity index (χ4n) is 2.48. The number of carbonyl (C=O) groups is 1. The molecule has 2 aromatic rings. The molecule has 1 fully saturated rings. The molecule has 1 saturated heterocycles. The molecule has 0 aromatic carbocycles.